The molecular weight excluding hydrogens is 156 g/mol. The number of hydrogen-bond donors (Lipinski definition) is 0. The van der Waals surface area contributed by atoms with E-state index >= 15 is 0 Å². The van der Waals surface area contributed by atoms with E-state index in [2.05, 4.69) is 48.5 Å². The molecule has 1 aliphatic carbocycles. The summed E-state index contributed by atoms with van der Waals surface area (Å²) in [6.45, 7) is 17.0. The van der Waals surface area contributed by atoms with Crippen molar-refractivity contribution < 1.29 is 0 Å². The first-order valence-electron chi connectivity index (χ1n) is 5.71. The lowest BCUT2D eigenvalue weighted by Gasteiger charge is -2.42. The molecule has 0 heterocycles. The van der Waals surface area contributed by atoms with Gasteiger partial charge in [0.2, 0.25) is 0 Å². The van der Waals surface area contributed by atoms with Gasteiger partial charge in [-0.2, -0.15) is 0 Å². The third-order valence-electron chi connectivity index (χ3n) is 5.23. The van der Waals surface area contributed by atoms with Crippen LogP contribution >= 0.6 is 0 Å². The zero-order valence-electron chi connectivity index (χ0n) is 10.4. The quantitative estimate of drug-likeness (QED) is 0.565. The summed E-state index contributed by atoms with van der Waals surface area (Å²) in [6, 6.07) is 0. The Hall–Kier alpha value is 0. The predicted molar refractivity (Wildman–Crippen MR) is 59.7 cm³/mol. The molecule has 0 heteroatoms. The maximum atomic E-state index is 2.46. The van der Waals surface area contributed by atoms with Crippen LogP contribution in [-0.2, 0) is 0 Å². The first-order valence-corrected chi connectivity index (χ1v) is 5.71. The lowest BCUT2D eigenvalue weighted by molar-refractivity contribution is 0.0650. The molecule has 1 aliphatic rings. The van der Waals surface area contributed by atoms with Gasteiger partial charge in [0.25, 0.3) is 0 Å². The molecule has 0 saturated heterocycles. The highest BCUT2D eigenvalue weighted by Crippen LogP contribution is 2.60. The molecule has 0 amide bonds. The summed E-state index contributed by atoms with van der Waals surface area (Å²) in [5, 5.41) is 0. The Balaban J connectivity index is 2.97. The van der Waals surface area contributed by atoms with Crippen LogP contribution in [0.3, 0.4) is 0 Å². The van der Waals surface area contributed by atoms with E-state index in [4.69, 9.17) is 0 Å². The van der Waals surface area contributed by atoms with Crippen molar-refractivity contribution >= 4 is 0 Å². The highest BCUT2D eigenvalue weighted by atomic mass is 14.6. The van der Waals surface area contributed by atoms with Crippen LogP contribution in [0.1, 0.15) is 54.9 Å². The first kappa shape index (κ1) is 11.1. The molecule has 0 aromatic carbocycles. The zero-order chi connectivity index (χ0) is 10.4. The molecule has 0 aliphatic heterocycles. The van der Waals surface area contributed by atoms with Gasteiger partial charge in [0.1, 0.15) is 0 Å². The second kappa shape index (κ2) is 3.00. The standard InChI is InChI=1S/C13H26/c1-9(2)11-8-10(3)12(4,5)13(11,6)7/h9-11H,8H2,1-7H3. The van der Waals surface area contributed by atoms with Crippen molar-refractivity contribution in [2.24, 2.45) is 28.6 Å². The summed E-state index contributed by atoms with van der Waals surface area (Å²) < 4.78 is 0. The minimum atomic E-state index is 0.501. The highest BCUT2D eigenvalue weighted by Gasteiger charge is 2.53. The number of hydrogen-bond acceptors (Lipinski definition) is 0. The van der Waals surface area contributed by atoms with E-state index in [1.54, 1.807) is 0 Å². The third kappa shape index (κ3) is 1.43. The Labute approximate surface area is 84.1 Å². The van der Waals surface area contributed by atoms with Gasteiger partial charge in [-0.15, -0.1) is 0 Å². The van der Waals surface area contributed by atoms with E-state index in [-0.39, 0.29) is 0 Å². The third-order valence-corrected chi connectivity index (χ3v) is 5.23. The molecule has 13 heavy (non-hydrogen) atoms. The van der Waals surface area contributed by atoms with Crippen molar-refractivity contribution in [3.05, 3.63) is 0 Å². The van der Waals surface area contributed by atoms with Gasteiger partial charge < -0.3 is 0 Å². The zero-order valence-corrected chi connectivity index (χ0v) is 10.4. The summed E-state index contributed by atoms with van der Waals surface area (Å²) >= 11 is 0. The summed E-state index contributed by atoms with van der Waals surface area (Å²) in [6.07, 6.45) is 1.41. The van der Waals surface area contributed by atoms with E-state index in [1.807, 2.05) is 0 Å². The van der Waals surface area contributed by atoms with Crippen molar-refractivity contribution in [1.29, 1.82) is 0 Å². The van der Waals surface area contributed by atoms with Gasteiger partial charge in [-0.05, 0) is 35.0 Å². The molecule has 1 saturated carbocycles. The smallest absolute Gasteiger partial charge is 0.0270 e. The molecule has 78 valence electrons. The Morgan fingerprint density at radius 3 is 1.62 bits per heavy atom. The molecule has 0 aromatic rings. The summed E-state index contributed by atoms with van der Waals surface area (Å²) in [5.74, 6) is 2.60. The van der Waals surface area contributed by atoms with E-state index in [1.165, 1.54) is 6.42 Å². The minimum Gasteiger partial charge on any atom is -0.0625 e. The largest absolute Gasteiger partial charge is 0.0625 e. The average molecular weight is 182 g/mol. The van der Waals surface area contributed by atoms with Gasteiger partial charge in [-0.1, -0.05) is 48.5 Å². The maximum absolute atomic E-state index is 2.46. The van der Waals surface area contributed by atoms with Gasteiger partial charge in [0.15, 0.2) is 0 Å². The van der Waals surface area contributed by atoms with Crippen LogP contribution in [0.25, 0.3) is 0 Å². The van der Waals surface area contributed by atoms with Crippen molar-refractivity contribution in [1.82, 2.24) is 0 Å². The molecule has 2 atom stereocenters. The molecule has 0 spiro atoms. The molecule has 0 aromatic heterocycles. The van der Waals surface area contributed by atoms with Gasteiger partial charge >= 0.3 is 0 Å². The summed E-state index contributed by atoms with van der Waals surface area (Å²) in [7, 11) is 0. The Morgan fingerprint density at radius 1 is 1.00 bits per heavy atom. The van der Waals surface area contributed by atoms with Crippen molar-refractivity contribution in [2.45, 2.75) is 54.9 Å². The Bertz CT molecular complexity index is 186. The van der Waals surface area contributed by atoms with Crippen LogP contribution in [0.15, 0.2) is 0 Å². The highest BCUT2D eigenvalue weighted by molar-refractivity contribution is 5.01. The van der Waals surface area contributed by atoms with Crippen molar-refractivity contribution in [3.8, 4) is 0 Å². The average Bonchev–Trinajstić information content (AvgIpc) is 2.10. The second-order valence-corrected chi connectivity index (χ2v) is 6.43. The lowest BCUT2D eigenvalue weighted by Crippen LogP contribution is -2.35. The first-order chi connectivity index (χ1) is 5.71. The van der Waals surface area contributed by atoms with E-state index in [9.17, 15) is 0 Å². The lowest BCUT2D eigenvalue weighted by atomic mass is 9.63. The van der Waals surface area contributed by atoms with Gasteiger partial charge in [-0.3, -0.25) is 0 Å². The van der Waals surface area contributed by atoms with Crippen LogP contribution in [0.2, 0.25) is 0 Å². The van der Waals surface area contributed by atoms with Crippen LogP contribution in [-0.4, -0.2) is 0 Å². The maximum Gasteiger partial charge on any atom is -0.0270 e. The second-order valence-electron chi connectivity index (χ2n) is 6.43. The minimum absolute atomic E-state index is 0.501. The molecule has 1 fully saturated rings. The fourth-order valence-corrected chi connectivity index (χ4v) is 3.19. The molecule has 0 radical (unpaired) electrons. The van der Waals surface area contributed by atoms with E-state index in [0.717, 1.165) is 17.8 Å². The van der Waals surface area contributed by atoms with Gasteiger partial charge in [-0.25, -0.2) is 0 Å². The van der Waals surface area contributed by atoms with E-state index in [0.29, 0.717) is 10.8 Å². The molecule has 0 nitrogen and oxygen atoms in total. The fraction of sp³-hybridized carbons (Fsp3) is 1.00. The normalized spacial score (nSPS) is 36.9. The monoisotopic (exact) mass is 182 g/mol. The predicted octanol–water partition coefficient (Wildman–Crippen LogP) is 4.35. The van der Waals surface area contributed by atoms with Crippen molar-refractivity contribution in [3.63, 3.8) is 0 Å². The molecule has 2 unspecified atom stereocenters. The summed E-state index contributed by atoms with van der Waals surface area (Å²) in [5.41, 5.74) is 1.00. The van der Waals surface area contributed by atoms with E-state index < -0.39 is 0 Å². The summed E-state index contributed by atoms with van der Waals surface area (Å²) in [4.78, 5) is 0. The van der Waals surface area contributed by atoms with Gasteiger partial charge in [0.05, 0.1) is 0 Å². The SMILES string of the molecule is CC(C)C1CC(C)C(C)(C)C1(C)C. The van der Waals surface area contributed by atoms with Gasteiger partial charge in [0, 0.05) is 0 Å². The molecular formula is C13H26. The molecule has 0 bridgehead atoms. The van der Waals surface area contributed by atoms with Crippen LogP contribution < -0.4 is 0 Å². The van der Waals surface area contributed by atoms with Crippen molar-refractivity contribution in [2.75, 3.05) is 0 Å². The van der Waals surface area contributed by atoms with Crippen LogP contribution in [0.5, 0.6) is 0 Å². The molecule has 0 N–H and O–H groups in total. The Morgan fingerprint density at radius 2 is 1.46 bits per heavy atom. The number of rotatable bonds is 1. The Kier molecular flexibility index (Phi) is 2.56. The topological polar surface area (TPSA) is 0 Å². The molecule has 1 rings (SSSR count). The van der Waals surface area contributed by atoms with Crippen LogP contribution in [0, 0.1) is 28.6 Å². The van der Waals surface area contributed by atoms with Crippen LogP contribution in [0.4, 0.5) is 0 Å². The fourth-order valence-electron chi connectivity index (χ4n) is 3.19.